The lowest BCUT2D eigenvalue weighted by atomic mass is 9.85. The molecule has 1 aromatic rings. The summed E-state index contributed by atoms with van der Waals surface area (Å²) in [5.41, 5.74) is 1.05. The lowest BCUT2D eigenvalue weighted by Gasteiger charge is -2.21. The molecule has 0 N–H and O–H groups in total. The third-order valence-electron chi connectivity index (χ3n) is 2.61. The zero-order valence-electron chi connectivity index (χ0n) is 9.83. The first-order valence-electron chi connectivity index (χ1n) is 4.90. The molecule has 0 heterocycles. The molecular weight excluding hydrogens is 188 g/mol. The van der Waals surface area contributed by atoms with Crippen LogP contribution in [0.1, 0.15) is 19.4 Å². The van der Waals surface area contributed by atoms with Crippen molar-refractivity contribution in [1.82, 2.24) is 0 Å². The minimum Gasteiger partial charge on any atom is -0.497 e. The topological polar surface area (TPSA) is 18.5 Å². The predicted molar refractivity (Wildman–Crippen MR) is 62.8 cm³/mol. The van der Waals surface area contributed by atoms with Crippen molar-refractivity contribution in [3.05, 3.63) is 36.4 Å². The van der Waals surface area contributed by atoms with Crippen LogP contribution >= 0.6 is 0 Å². The van der Waals surface area contributed by atoms with Crippen LogP contribution in [-0.4, -0.2) is 14.2 Å². The number of rotatable bonds is 4. The molecule has 0 saturated carbocycles. The molecule has 2 nitrogen and oxygen atoms in total. The van der Waals surface area contributed by atoms with E-state index in [0.29, 0.717) is 0 Å². The molecule has 0 aliphatic rings. The van der Waals surface area contributed by atoms with Crippen LogP contribution in [0.25, 0.3) is 0 Å². The molecule has 0 fully saturated rings. The van der Waals surface area contributed by atoms with Crippen LogP contribution in [0.3, 0.4) is 0 Å². The lowest BCUT2D eigenvalue weighted by Crippen LogP contribution is -2.13. The van der Waals surface area contributed by atoms with Gasteiger partial charge >= 0.3 is 0 Å². The van der Waals surface area contributed by atoms with E-state index in [9.17, 15) is 0 Å². The predicted octanol–water partition coefficient (Wildman–Crippen LogP) is 3.17. The van der Waals surface area contributed by atoms with Gasteiger partial charge in [0.05, 0.1) is 14.2 Å². The molecule has 1 aromatic carbocycles. The Morgan fingerprint density at radius 2 is 1.53 bits per heavy atom. The maximum atomic E-state index is 5.22. The molecule has 0 aromatic heterocycles. The van der Waals surface area contributed by atoms with Crippen molar-refractivity contribution < 1.29 is 9.47 Å². The summed E-state index contributed by atoms with van der Waals surface area (Å²) in [4.78, 5) is 0. The third-order valence-corrected chi connectivity index (χ3v) is 2.61. The maximum Gasteiger partial charge on any atom is 0.122 e. The Labute approximate surface area is 91.5 Å². The van der Waals surface area contributed by atoms with Crippen LogP contribution in [-0.2, 0) is 5.41 Å². The van der Waals surface area contributed by atoms with E-state index < -0.39 is 0 Å². The van der Waals surface area contributed by atoms with E-state index in [2.05, 4.69) is 20.4 Å². The molecule has 82 valence electrons. The smallest absolute Gasteiger partial charge is 0.122 e. The number of methoxy groups -OCH3 is 2. The molecule has 1 rings (SSSR count). The van der Waals surface area contributed by atoms with Crippen LogP contribution in [0.2, 0.25) is 0 Å². The molecule has 0 atom stereocenters. The summed E-state index contributed by atoms with van der Waals surface area (Å²) in [6.07, 6.45) is 1.92. The van der Waals surface area contributed by atoms with E-state index in [1.165, 1.54) is 0 Å². The quantitative estimate of drug-likeness (QED) is 0.704. The zero-order valence-corrected chi connectivity index (χ0v) is 9.83. The molecule has 2 heteroatoms. The highest BCUT2D eigenvalue weighted by molar-refractivity contribution is 5.42. The summed E-state index contributed by atoms with van der Waals surface area (Å²) in [5.74, 6) is 1.61. The van der Waals surface area contributed by atoms with Crippen LogP contribution in [0.4, 0.5) is 0 Å². The van der Waals surface area contributed by atoms with E-state index in [4.69, 9.17) is 9.47 Å². The van der Waals surface area contributed by atoms with Crippen LogP contribution in [0.15, 0.2) is 30.9 Å². The fourth-order valence-corrected chi connectivity index (χ4v) is 1.30. The first-order valence-corrected chi connectivity index (χ1v) is 4.90. The first kappa shape index (κ1) is 11.6. The number of benzene rings is 1. The first-order chi connectivity index (χ1) is 7.03. The largest absolute Gasteiger partial charge is 0.497 e. The molecule has 0 aliphatic carbocycles. The van der Waals surface area contributed by atoms with Gasteiger partial charge in [-0.2, -0.15) is 0 Å². The second kappa shape index (κ2) is 4.39. The van der Waals surface area contributed by atoms with Gasteiger partial charge in [-0.25, -0.2) is 0 Å². The summed E-state index contributed by atoms with van der Waals surface area (Å²) < 4.78 is 10.4. The normalized spacial score (nSPS) is 10.9. The summed E-state index contributed by atoms with van der Waals surface area (Å²) in [6, 6.07) is 5.87. The highest BCUT2D eigenvalue weighted by Crippen LogP contribution is 2.31. The van der Waals surface area contributed by atoms with E-state index in [1.807, 2.05) is 24.3 Å². The number of hydrogen-bond acceptors (Lipinski definition) is 2. The Morgan fingerprint density at radius 3 is 1.87 bits per heavy atom. The van der Waals surface area contributed by atoms with Gasteiger partial charge in [0.2, 0.25) is 0 Å². The SMILES string of the molecule is C=CC(C)(C)c1cc(OC)cc(OC)c1. The van der Waals surface area contributed by atoms with E-state index >= 15 is 0 Å². The Hall–Kier alpha value is -1.44. The van der Waals surface area contributed by atoms with Crippen molar-refractivity contribution in [2.45, 2.75) is 19.3 Å². The van der Waals surface area contributed by atoms with Gasteiger partial charge in [0.1, 0.15) is 11.5 Å². The number of ether oxygens (including phenoxy) is 2. The van der Waals surface area contributed by atoms with Crippen molar-refractivity contribution in [3.63, 3.8) is 0 Å². The van der Waals surface area contributed by atoms with Gasteiger partial charge < -0.3 is 9.47 Å². The fourth-order valence-electron chi connectivity index (χ4n) is 1.30. The summed E-state index contributed by atoms with van der Waals surface area (Å²) >= 11 is 0. The van der Waals surface area contributed by atoms with Gasteiger partial charge in [-0.15, -0.1) is 6.58 Å². The summed E-state index contributed by atoms with van der Waals surface area (Å²) in [7, 11) is 3.30. The van der Waals surface area contributed by atoms with Crippen molar-refractivity contribution >= 4 is 0 Å². The average molecular weight is 206 g/mol. The van der Waals surface area contributed by atoms with Crippen molar-refractivity contribution in [1.29, 1.82) is 0 Å². The summed E-state index contributed by atoms with van der Waals surface area (Å²) in [5, 5.41) is 0. The van der Waals surface area contributed by atoms with Crippen molar-refractivity contribution in [2.75, 3.05) is 14.2 Å². The molecule has 0 spiro atoms. The maximum absolute atomic E-state index is 5.22. The third kappa shape index (κ3) is 2.52. The van der Waals surface area contributed by atoms with Crippen molar-refractivity contribution in [2.24, 2.45) is 0 Å². The van der Waals surface area contributed by atoms with Crippen LogP contribution < -0.4 is 9.47 Å². The van der Waals surface area contributed by atoms with E-state index in [0.717, 1.165) is 17.1 Å². The second-order valence-electron chi connectivity index (χ2n) is 4.03. The van der Waals surface area contributed by atoms with Crippen LogP contribution in [0.5, 0.6) is 11.5 Å². The molecule has 0 aliphatic heterocycles. The van der Waals surface area contributed by atoms with Crippen molar-refractivity contribution in [3.8, 4) is 11.5 Å². The molecule has 0 unspecified atom stereocenters. The van der Waals surface area contributed by atoms with Gasteiger partial charge in [-0.3, -0.25) is 0 Å². The molecule has 0 bridgehead atoms. The highest BCUT2D eigenvalue weighted by atomic mass is 16.5. The minimum atomic E-state index is -0.0815. The van der Waals surface area contributed by atoms with Gasteiger partial charge in [-0.1, -0.05) is 19.9 Å². The average Bonchev–Trinajstić information content (AvgIpc) is 2.28. The van der Waals surface area contributed by atoms with E-state index in [-0.39, 0.29) is 5.41 Å². The Morgan fingerprint density at radius 1 is 1.07 bits per heavy atom. The van der Waals surface area contributed by atoms with Gasteiger partial charge in [0.25, 0.3) is 0 Å². The molecule has 0 radical (unpaired) electrons. The fraction of sp³-hybridized carbons (Fsp3) is 0.385. The Bertz CT molecular complexity index is 331. The van der Waals surface area contributed by atoms with Crippen LogP contribution in [0, 0.1) is 0 Å². The molecular formula is C13H18O2. The Balaban J connectivity index is 3.23. The van der Waals surface area contributed by atoms with Gasteiger partial charge in [0.15, 0.2) is 0 Å². The second-order valence-corrected chi connectivity index (χ2v) is 4.03. The lowest BCUT2D eigenvalue weighted by molar-refractivity contribution is 0.392. The molecule has 0 amide bonds. The van der Waals surface area contributed by atoms with E-state index in [1.54, 1.807) is 14.2 Å². The van der Waals surface area contributed by atoms with Gasteiger partial charge in [-0.05, 0) is 17.7 Å². The number of allylic oxidation sites excluding steroid dienone is 1. The minimum absolute atomic E-state index is 0.0815. The summed E-state index contributed by atoms with van der Waals surface area (Å²) in [6.45, 7) is 8.05. The standard InChI is InChI=1S/C13H18O2/c1-6-13(2,3)10-7-11(14-4)9-12(8-10)15-5/h6-9H,1H2,2-5H3. The molecule has 0 saturated heterocycles. The molecule has 15 heavy (non-hydrogen) atoms. The monoisotopic (exact) mass is 206 g/mol. The highest BCUT2D eigenvalue weighted by Gasteiger charge is 2.17. The number of hydrogen-bond donors (Lipinski definition) is 0. The Kier molecular flexibility index (Phi) is 3.40. The van der Waals surface area contributed by atoms with Gasteiger partial charge in [0, 0.05) is 11.5 Å². The zero-order chi connectivity index (χ0) is 11.5.